The van der Waals surface area contributed by atoms with Crippen LogP contribution < -0.4 is 5.32 Å². The van der Waals surface area contributed by atoms with Crippen molar-refractivity contribution in [1.29, 1.82) is 0 Å². The van der Waals surface area contributed by atoms with Crippen molar-refractivity contribution < 1.29 is 4.79 Å². The predicted molar refractivity (Wildman–Crippen MR) is 73.1 cm³/mol. The minimum atomic E-state index is -0.122. The van der Waals surface area contributed by atoms with Crippen LogP contribution in [0.3, 0.4) is 0 Å². The monoisotopic (exact) mass is 238 g/mol. The third kappa shape index (κ3) is 3.04. The quantitative estimate of drug-likeness (QED) is 0.834. The number of nitrogens with one attached hydrogen (secondary N) is 1. The van der Waals surface area contributed by atoms with Crippen LogP contribution in [0.1, 0.15) is 6.92 Å². The van der Waals surface area contributed by atoms with E-state index in [0.29, 0.717) is 0 Å². The Morgan fingerprint density at radius 3 is 2.56 bits per heavy atom. The Balaban J connectivity index is 2.13. The number of nitrogens with zero attached hydrogens (tertiary/aromatic N) is 1. The molecule has 90 valence electrons. The zero-order valence-electron chi connectivity index (χ0n) is 10.1. The van der Waals surface area contributed by atoms with Crippen LogP contribution in [0.2, 0.25) is 0 Å². The Morgan fingerprint density at radius 1 is 1.17 bits per heavy atom. The van der Waals surface area contributed by atoms with Crippen molar-refractivity contribution in [3.8, 4) is 11.3 Å². The number of aromatic nitrogens is 1. The van der Waals surface area contributed by atoms with Crippen LogP contribution in [-0.4, -0.2) is 10.9 Å². The number of rotatable bonds is 3. The van der Waals surface area contributed by atoms with Gasteiger partial charge in [0.25, 0.3) is 0 Å². The second-order valence-corrected chi connectivity index (χ2v) is 3.78. The molecular formula is C15H14N2O. The van der Waals surface area contributed by atoms with Crippen molar-refractivity contribution in [3.63, 3.8) is 0 Å². The van der Waals surface area contributed by atoms with E-state index in [1.807, 2.05) is 49.4 Å². The third-order valence-electron chi connectivity index (χ3n) is 2.43. The second kappa shape index (κ2) is 5.77. The van der Waals surface area contributed by atoms with E-state index >= 15 is 0 Å². The minimum absolute atomic E-state index is 0.122. The van der Waals surface area contributed by atoms with E-state index in [1.165, 1.54) is 6.08 Å². The highest BCUT2D eigenvalue weighted by molar-refractivity contribution is 5.99. The molecule has 0 saturated carbocycles. The Morgan fingerprint density at radius 2 is 1.94 bits per heavy atom. The summed E-state index contributed by atoms with van der Waals surface area (Å²) in [5.41, 5.74) is 2.72. The molecule has 1 N–H and O–H groups in total. The van der Waals surface area contributed by atoms with Crippen molar-refractivity contribution in [2.45, 2.75) is 6.92 Å². The van der Waals surface area contributed by atoms with Crippen LogP contribution in [0, 0.1) is 0 Å². The number of amides is 1. The summed E-state index contributed by atoms with van der Waals surface area (Å²) in [7, 11) is 0. The van der Waals surface area contributed by atoms with Crippen LogP contribution >= 0.6 is 0 Å². The Bertz CT molecular complexity index is 544. The summed E-state index contributed by atoms with van der Waals surface area (Å²) >= 11 is 0. The summed E-state index contributed by atoms with van der Waals surface area (Å²) in [5, 5.41) is 2.78. The molecule has 0 saturated heterocycles. The first-order valence-electron chi connectivity index (χ1n) is 5.75. The molecule has 0 unspecified atom stereocenters. The van der Waals surface area contributed by atoms with Gasteiger partial charge in [0, 0.05) is 17.4 Å². The molecule has 1 aromatic heterocycles. The van der Waals surface area contributed by atoms with Gasteiger partial charge in [0.1, 0.15) is 0 Å². The molecule has 2 aromatic rings. The van der Waals surface area contributed by atoms with Crippen molar-refractivity contribution in [2.24, 2.45) is 0 Å². The number of benzene rings is 1. The molecule has 0 aliphatic carbocycles. The van der Waals surface area contributed by atoms with Crippen LogP contribution in [0.5, 0.6) is 0 Å². The average molecular weight is 238 g/mol. The number of allylic oxidation sites excluding steroid dienone is 1. The van der Waals surface area contributed by atoms with Crippen LogP contribution in [0.15, 0.2) is 60.8 Å². The van der Waals surface area contributed by atoms with E-state index in [-0.39, 0.29) is 5.91 Å². The predicted octanol–water partition coefficient (Wildman–Crippen LogP) is 3.26. The molecule has 2 rings (SSSR count). The van der Waals surface area contributed by atoms with Gasteiger partial charge in [0.05, 0.1) is 5.69 Å². The lowest BCUT2D eigenvalue weighted by molar-refractivity contribution is -0.111. The molecule has 3 nitrogen and oxygen atoms in total. The smallest absolute Gasteiger partial charge is 0.248 e. The maximum Gasteiger partial charge on any atom is 0.248 e. The minimum Gasteiger partial charge on any atom is -0.323 e. The molecule has 1 amide bonds. The molecule has 3 heteroatoms. The average Bonchev–Trinajstić information content (AvgIpc) is 2.41. The lowest BCUT2D eigenvalue weighted by Gasteiger charge is -2.04. The van der Waals surface area contributed by atoms with Gasteiger partial charge in [-0.15, -0.1) is 0 Å². The van der Waals surface area contributed by atoms with Crippen LogP contribution in [0.25, 0.3) is 11.3 Å². The number of carbonyl (C=O) groups is 1. The van der Waals surface area contributed by atoms with Crippen molar-refractivity contribution in [1.82, 2.24) is 4.98 Å². The van der Waals surface area contributed by atoms with E-state index in [9.17, 15) is 4.79 Å². The van der Waals surface area contributed by atoms with E-state index in [1.54, 1.807) is 12.3 Å². The van der Waals surface area contributed by atoms with E-state index in [0.717, 1.165) is 16.9 Å². The Labute approximate surface area is 106 Å². The molecule has 0 aliphatic heterocycles. The van der Waals surface area contributed by atoms with Crippen LogP contribution in [-0.2, 0) is 4.79 Å². The first-order valence-corrected chi connectivity index (χ1v) is 5.75. The van der Waals surface area contributed by atoms with Gasteiger partial charge >= 0.3 is 0 Å². The normalized spacial score (nSPS) is 10.5. The Kier molecular flexibility index (Phi) is 3.86. The van der Waals surface area contributed by atoms with Gasteiger partial charge in [-0.05, 0) is 37.3 Å². The maximum atomic E-state index is 11.4. The molecule has 0 aliphatic rings. The first kappa shape index (κ1) is 12.0. The molecule has 0 spiro atoms. The topological polar surface area (TPSA) is 42.0 Å². The number of pyridine rings is 1. The molecule has 18 heavy (non-hydrogen) atoms. The standard InChI is InChI=1S/C15H14N2O/c1-2-5-15(18)17-13-9-7-12(8-10-13)14-6-3-4-11-16-14/h2-11H,1H3,(H,17,18)/b5-2+. The maximum absolute atomic E-state index is 11.4. The summed E-state index contributed by atoms with van der Waals surface area (Å²) in [4.78, 5) is 15.6. The number of hydrogen-bond donors (Lipinski definition) is 1. The van der Waals surface area contributed by atoms with Gasteiger partial charge in [-0.25, -0.2) is 0 Å². The van der Waals surface area contributed by atoms with E-state index in [2.05, 4.69) is 10.3 Å². The van der Waals surface area contributed by atoms with Gasteiger partial charge in [-0.1, -0.05) is 24.3 Å². The molecular weight excluding hydrogens is 224 g/mol. The van der Waals surface area contributed by atoms with Gasteiger partial charge in [-0.2, -0.15) is 0 Å². The highest BCUT2D eigenvalue weighted by Crippen LogP contribution is 2.18. The van der Waals surface area contributed by atoms with Gasteiger partial charge in [0.2, 0.25) is 5.91 Å². The number of carbonyl (C=O) groups excluding carboxylic acids is 1. The zero-order valence-corrected chi connectivity index (χ0v) is 10.1. The van der Waals surface area contributed by atoms with Gasteiger partial charge in [-0.3, -0.25) is 9.78 Å². The lowest BCUT2D eigenvalue weighted by atomic mass is 10.1. The fourth-order valence-corrected chi connectivity index (χ4v) is 1.59. The third-order valence-corrected chi connectivity index (χ3v) is 2.43. The first-order chi connectivity index (χ1) is 8.79. The fourth-order valence-electron chi connectivity index (χ4n) is 1.59. The lowest BCUT2D eigenvalue weighted by Crippen LogP contribution is -2.07. The highest BCUT2D eigenvalue weighted by atomic mass is 16.1. The van der Waals surface area contributed by atoms with E-state index in [4.69, 9.17) is 0 Å². The van der Waals surface area contributed by atoms with Crippen LogP contribution in [0.4, 0.5) is 5.69 Å². The molecule has 1 heterocycles. The second-order valence-electron chi connectivity index (χ2n) is 3.78. The van der Waals surface area contributed by atoms with Crippen molar-refractivity contribution >= 4 is 11.6 Å². The zero-order chi connectivity index (χ0) is 12.8. The summed E-state index contributed by atoms with van der Waals surface area (Å²) in [6.45, 7) is 1.81. The summed E-state index contributed by atoms with van der Waals surface area (Å²) in [5.74, 6) is -0.122. The fraction of sp³-hybridized carbons (Fsp3) is 0.0667. The molecule has 0 fully saturated rings. The van der Waals surface area contributed by atoms with Crippen molar-refractivity contribution in [3.05, 3.63) is 60.8 Å². The summed E-state index contributed by atoms with van der Waals surface area (Å²) < 4.78 is 0. The van der Waals surface area contributed by atoms with Gasteiger partial charge in [0.15, 0.2) is 0 Å². The molecule has 1 aromatic carbocycles. The largest absolute Gasteiger partial charge is 0.323 e. The SMILES string of the molecule is C/C=C/C(=O)Nc1ccc(-c2ccccn2)cc1. The number of hydrogen-bond acceptors (Lipinski definition) is 2. The summed E-state index contributed by atoms with van der Waals surface area (Å²) in [6.07, 6.45) is 4.96. The Hall–Kier alpha value is -2.42. The molecule has 0 bridgehead atoms. The number of anilines is 1. The summed E-state index contributed by atoms with van der Waals surface area (Å²) in [6, 6.07) is 13.4. The van der Waals surface area contributed by atoms with Gasteiger partial charge < -0.3 is 5.32 Å². The highest BCUT2D eigenvalue weighted by Gasteiger charge is 2.00. The molecule has 0 atom stereocenters. The van der Waals surface area contributed by atoms with E-state index < -0.39 is 0 Å². The van der Waals surface area contributed by atoms with Crippen molar-refractivity contribution in [2.75, 3.05) is 5.32 Å². The molecule has 0 radical (unpaired) electrons.